The number of hydrazone groups is 1. The van der Waals surface area contributed by atoms with Crippen LogP contribution in [0.3, 0.4) is 0 Å². The van der Waals surface area contributed by atoms with E-state index in [0.717, 1.165) is 11.4 Å². The van der Waals surface area contributed by atoms with Crippen LogP contribution in [0, 0.1) is 0 Å². The van der Waals surface area contributed by atoms with E-state index in [1.54, 1.807) is 5.01 Å². The lowest BCUT2D eigenvalue weighted by Crippen LogP contribution is -2.03. The Morgan fingerprint density at radius 3 is 1.46 bits per heavy atom. The molecule has 0 saturated heterocycles. The van der Waals surface area contributed by atoms with Gasteiger partial charge in [0.05, 0.1) is 5.71 Å². The predicted octanol–water partition coefficient (Wildman–Crippen LogP) is 1.97. The molecule has 0 aromatic rings. The van der Waals surface area contributed by atoms with Crippen LogP contribution in [-0.4, -0.2) is 37.6 Å². The number of rotatable bonds is 2. The highest BCUT2D eigenvalue weighted by Gasteiger charge is 1.76. The molecule has 0 aliphatic carbocycles. The van der Waals surface area contributed by atoms with Crippen molar-refractivity contribution in [1.29, 1.82) is 0 Å². The van der Waals surface area contributed by atoms with Gasteiger partial charge in [-0.25, -0.2) is 0 Å². The van der Waals surface area contributed by atoms with Gasteiger partial charge in [0.1, 0.15) is 7.11 Å². The topological polar surface area (TPSA) is 37.2 Å². The van der Waals surface area contributed by atoms with Gasteiger partial charge in [-0.15, -0.1) is 0 Å². The van der Waals surface area contributed by atoms with Crippen LogP contribution in [0.25, 0.3) is 0 Å². The van der Waals surface area contributed by atoms with Gasteiger partial charge < -0.3 is 9.85 Å². The molecular weight excluding hydrogens is 166 g/mol. The fourth-order valence-electron chi connectivity index (χ4n) is 0.583. The summed E-state index contributed by atoms with van der Waals surface area (Å²) in [5, 5.41) is 9.36. The van der Waals surface area contributed by atoms with Crippen LogP contribution in [-0.2, 0) is 4.84 Å². The molecule has 0 spiro atoms. The second-order valence-electron chi connectivity index (χ2n) is 3.12. The predicted molar refractivity (Wildman–Crippen MR) is 58.3 cm³/mol. The lowest BCUT2D eigenvalue weighted by atomic mass is 10.5. The minimum atomic E-state index is 0.942. The molecule has 0 aliphatic rings. The van der Waals surface area contributed by atoms with E-state index < -0.39 is 0 Å². The number of hydrogen-bond donors (Lipinski definition) is 0. The summed E-state index contributed by atoms with van der Waals surface area (Å²) in [5.41, 5.74) is 2.03. The first kappa shape index (κ1) is 14.5. The maximum Gasteiger partial charge on any atom is 0.106 e. The number of oxime groups is 1. The number of hydrogen-bond acceptors (Lipinski definition) is 4. The van der Waals surface area contributed by atoms with Gasteiger partial charge in [-0.05, 0) is 27.7 Å². The number of nitrogens with zero attached hydrogens (tertiary/aromatic N) is 3. The summed E-state index contributed by atoms with van der Waals surface area (Å²) in [6.07, 6.45) is 0. The van der Waals surface area contributed by atoms with Crippen molar-refractivity contribution in [2.75, 3.05) is 21.2 Å². The molecule has 4 nitrogen and oxygen atoms in total. The fraction of sp³-hybridized carbons (Fsp3) is 0.778. The van der Waals surface area contributed by atoms with E-state index >= 15 is 0 Å². The summed E-state index contributed by atoms with van der Waals surface area (Å²) in [6, 6.07) is 0. The normalized spacial score (nSPS) is 7.62. The smallest absolute Gasteiger partial charge is 0.106 e. The molecule has 0 amide bonds. The molecule has 0 rings (SSSR count). The summed E-state index contributed by atoms with van der Waals surface area (Å²) in [5.74, 6) is 0. The summed E-state index contributed by atoms with van der Waals surface area (Å²) in [4.78, 5) is 4.39. The molecule has 0 atom stereocenters. The van der Waals surface area contributed by atoms with Crippen molar-refractivity contribution in [3.8, 4) is 0 Å². The van der Waals surface area contributed by atoms with Crippen molar-refractivity contribution >= 4 is 11.4 Å². The van der Waals surface area contributed by atoms with Crippen LogP contribution in [0.15, 0.2) is 10.3 Å². The van der Waals surface area contributed by atoms with Crippen LogP contribution in [0.2, 0.25) is 0 Å². The van der Waals surface area contributed by atoms with Crippen LogP contribution >= 0.6 is 0 Å². The summed E-state index contributed by atoms with van der Waals surface area (Å²) < 4.78 is 0. The first-order valence-electron chi connectivity index (χ1n) is 4.13. The molecule has 0 aliphatic heterocycles. The lowest BCUT2D eigenvalue weighted by Gasteiger charge is -2.02. The van der Waals surface area contributed by atoms with Gasteiger partial charge in [0.2, 0.25) is 0 Å². The minimum Gasteiger partial charge on any atom is -0.399 e. The second-order valence-corrected chi connectivity index (χ2v) is 3.12. The van der Waals surface area contributed by atoms with Crippen LogP contribution in [0.5, 0.6) is 0 Å². The Kier molecular flexibility index (Phi) is 10.0. The zero-order valence-corrected chi connectivity index (χ0v) is 9.75. The second kappa shape index (κ2) is 9.03. The first-order valence-corrected chi connectivity index (χ1v) is 4.13. The van der Waals surface area contributed by atoms with Crippen LogP contribution in [0.4, 0.5) is 0 Å². The molecule has 0 fully saturated rings. The molecule has 0 bridgehead atoms. The third-order valence-corrected chi connectivity index (χ3v) is 0.674. The molecule has 13 heavy (non-hydrogen) atoms. The van der Waals surface area contributed by atoms with Gasteiger partial charge >= 0.3 is 0 Å². The SMILES string of the molecule is CC(C)=NN(C)C.CON=C(C)C. The third-order valence-electron chi connectivity index (χ3n) is 0.674. The highest BCUT2D eigenvalue weighted by atomic mass is 16.6. The van der Waals surface area contributed by atoms with Gasteiger partial charge in [-0.2, -0.15) is 5.10 Å². The monoisotopic (exact) mass is 187 g/mol. The highest BCUT2D eigenvalue weighted by molar-refractivity contribution is 5.78. The summed E-state index contributed by atoms with van der Waals surface area (Å²) in [6.45, 7) is 7.70. The van der Waals surface area contributed by atoms with Crippen molar-refractivity contribution in [2.24, 2.45) is 10.3 Å². The van der Waals surface area contributed by atoms with E-state index in [0.29, 0.717) is 0 Å². The van der Waals surface area contributed by atoms with E-state index in [-0.39, 0.29) is 0 Å². The molecule has 0 unspecified atom stereocenters. The largest absolute Gasteiger partial charge is 0.399 e. The maximum absolute atomic E-state index is 4.39. The standard InChI is InChI=1S/C5H12N2.C4H9NO/c1-5(2)6-7(3)4;1-4(2)5-6-3/h1-4H3;1-3H3. The Morgan fingerprint density at radius 2 is 1.46 bits per heavy atom. The first-order chi connectivity index (χ1) is 5.90. The van der Waals surface area contributed by atoms with Gasteiger partial charge in [0.15, 0.2) is 0 Å². The Labute approximate surface area is 81.3 Å². The Balaban J connectivity index is 0. The molecule has 0 saturated carbocycles. The van der Waals surface area contributed by atoms with Gasteiger partial charge in [-0.1, -0.05) is 5.16 Å². The molecule has 0 N–H and O–H groups in total. The molecule has 0 heterocycles. The quantitative estimate of drug-likeness (QED) is 0.489. The molecule has 0 aromatic heterocycles. The zero-order valence-electron chi connectivity index (χ0n) is 9.75. The lowest BCUT2D eigenvalue weighted by molar-refractivity contribution is 0.213. The van der Waals surface area contributed by atoms with Crippen molar-refractivity contribution in [1.82, 2.24) is 5.01 Å². The van der Waals surface area contributed by atoms with Gasteiger partial charge in [0, 0.05) is 19.8 Å². The third kappa shape index (κ3) is 24.8. The highest BCUT2D eigenvalue weighted by Crippen LogP contribution is 1.76. The van der Waals surface area contributed by atoms with E-state index in [2.05, 4.69) is 15.1 Å². The van der Waals surface area contributed by atoms with Crippen molar-refractivity contribution in [2.45, 2.75) is 27.7 Å². The van der Waals surface area contributed by atoms with Gasteiger partial charge in [0.25, 0.3) is 0 Å². The summed E-state index contributed by atoms with van der Waals surface area (Å²) >= 11 is 0. The van der Waals surface area contributed by atoms with E-state index in [4.69, 9.17) is 0 Å². The van der Waals surface area contributed by atoms with E-state index in [1.165, 1.54) is 7.11 Å². The molecule has 78 valence electrons. The molecular formula is C9H21N3O. The fourth-order valence-corrected chi connectivity index (χ4v) is 0.583. The van der Waals surface area contributed by atoms with Crippen LogP contribution in [0.1, 0.15) is 27.7 Å². The Bertz CT molecular complexity index is 166. The molecule has 0 radical (unpaired) electrons. The van der Waals surface area contributed by atoms with Crippen molar-refractivity contribution in [3.63, 3.8) is 0 Å². The minimum absolute atomic E-state index is 0.942. The van der Waals surface area contributed by atoms with E-state index in [9.17, 15) is 0 Å². The average Bonchev–Trinajstić information content (AvgIpc) is 1.83. The van der Waals surface area contributed by atoms with Crippen molar-refractivity contribution < 1.29 is 4.84 Å². The zero-order chi connectivity index (χ0) is 10.9. The van der Waals surface area contributed by atoms with E-state index in [1.807, 2.05) is 41.8 Å². The molecule has 0 aromatic carbocycles. The van der Waals surface area contributed by atoms with Crippen molar-refractivity contribution in [3.05, 3.63) is 0 Å². The van der Waals surface area contributed by atoms with Gasteiger partial charge in [-0.3, -0.25) is 0 Å². The average molecular weight is 187 g/mol. The Hall–Kier alpha value is -1.06. The summed E-state index contributed by atoms with van der Waals surface area (Å²) in [7, 11) is 5.35. The Morgan fingerprint density at radius 1 is 1.00 bits per heavy atom. The van der Waals surface area contributed by atoms with Crippen LogP contribution < -0.4 is 0 Å². The molecule has 4 heteroatoms. The maximum atomic E-state index is 4.39.